The molecule has 0 aliphatic carbocycles. The normalized spacial score (nSPS) is 10.9. The quantitative estimate of drug-likeness (QED) is 0.516. The van der Waals surface area contributed by atoms with Gasteiger partial charge in [0.25, 0.3) is 0 Å². The van der Waals surface area contributed by atoms with Crippen LogP contribution in [0.3, 0.4) is 0 Å². The van der Waals surface area contributed by atoms with Crippen molar-refractivity contribution in [2.75, 3.05) is 0 Å². The van der Waals surface area contributed by atoms with Crippen LogP contribution in [-0.4, -0.2) is 16.3 Å². The molecule has 0 heterocycles. The molecular formula is C7H22NNaSi2. The van der Waals surface area contributed by atoms with Gasteiger partial charge in [-0.2, -0.15) is 0 Å². The Bertz CT molecular complexity index is 59.4. The molecule has 1 nitrogen and oxygen atoms in total. The fourth-order valence-corrected chi connectivity index (χ4v) is 0. The molecule has 0 aromatic carbocycles. The van der Waals surface area contributed by atoms with Gasteiger partial charge >= 0.3 is 29.6 Å². The molecule has 0 unspecified atom stereocenters. The van der Waals surface area contributed by atoms with Crippen molar-refractivity contribution in [3.05, 3.63) is 5.40 Å². The maximum absolute atomic E-state index is 7.08. The molecule has 0 saturated heterocycles. The predicted molar refractivity (Wildman–Crippen MR) is 56.9 cm³/mol. The van der Waals surface area contributed by atoms with Crippen molar-refractivity contribution >= 4 is 16.3 Å². The van der Waals surface area contributed by atoms with Crippen molar-refractivity contribution < 1.29 is 29.6 Å². The summed E-state index contributed by atoms with van der Waals surface area (Å²) < 4.78 is 0. The van der Waals surface area contributed by atoms with Gasteiger partial charge in [-0.1, -0.05) is 54.1 Å². The average molecular weight is 199 g/mol. The molecule has 0 saturated carbocycles. The SMILES string of the molecule is C[Si](C)(C)C.C[Si](C)(C)[NH-].[Na+]. The van der Waals surface area contributed by atoms with E-state index in [0.717, 1.165) is 0 Å². The van der Waals surface area contributed by atoms with Crippen LogP contribution in [-0.2, 0) is 0 Å². The van der Waals surface area contributed by atoms with E-state index in [1.807, 2.05) is 19.6 Å². The summed E-state index contributed by atoms with van der Waals surface area (Å²) in [5, 5.41) is 7.08. The summed E-state index contributed by atoms with van der Waals surface area (Å²) in [5.74, 6) is 0. The van der Waals surface area contributed by atoms with Gasteiger partial charge in [-0.15, -0.1) is 0 Å². The van der Waals surface area contributed by atoms with E-state index in [1.165, 1.54) is 0 Å². The zero-order valence-corrected chi connectivity index (χ0v) is 13.5. The van der Waals surface area contributed by atoms with Crippen LogP contribution in [0.4, 0.5) is 0 Å². The van der Waals surface area contributed by atoms with Crippen molar-refractivity contribution in [3.63, 3.8) is 0 Å². The molecule has 0 aromatic rings. The number of rotatable bonds is 0. The minimum Gasteiger partial charge on any atom is -0.680 e. The number of hydrogen-bond donors (Lipinski definition) is 0. The van der Waals surface area contributed by atoms with Crippen molar-refractivity contribution in [3.8, 4) is 0 Å². The van der Waals surface area contributed by atoms with E-state index in [-0.39, 0.29) is 29.6 Å². The summed E-state index contributed by atoms with van der Waals surface area (Å²) in [5.41, 5.74) is 0. The number of nitrogens with one attached hydrogen (secondary N) is 1. The van der Waals surface area contributed by atoms with E-state index < -0.39 is 16.3 Å². The second kappa shape index (κ2) is 6.86. The van der Waals surface area contributed by atoms with Crippen LogP contribution in [0.2, 0.25) is 45.8 Å². The topological polar surface area (TPSA) is 23.8 Å². The molecular weight excluding hydrogens is 177 g/mol. The monoisotopic (exact) mass is 199 g/mol. The Morgan fingerprint density at radius 2 is 0.727 bits per heavy atom. The molecule has 0 aromatic heterocycles. The van der Waals surface area contributed by atoms with Gasteiger partial charge in [0.1, 0.15) is 0 Å². The van der Waals surface area contributed by atoms with Gasteiger partial charge in [-0.05, 0) is 0 Å². The molecule has 0 bridgehead atoms. The van der Waals surface area contributed by atoms with Crippen molar-refractivity contribution in [2.24, 2.45) is 0 Å². The molecule has 4 heteroatoms. The van der Waals surface area contributed by atoms with E-state index in [9.17, 15) is 0 Å². The second-order valence-corrected chi connectivity index (χ2v) is 15.8. The molecule has 0 amide bonds. The Morgan fingerprint density at radius 1 is 0.727 bits per heavy atom. The minimum absolute atomic E-state index is 0. The molecule has 0 rings (SSSR count). The van der Waals surface area contributed by atoms with Gasteiger partial charge in [0.05, 0.1) is 0 Å². The van der Waals surface area contributed by atoms with Crippen molar-refractivity contribution in [1.82, 2.24) is 0 Å². The Labute approximate surface area is 96.5 Å². The fraction of sp³-hybridized carbons (Fsp3) is 1.00. The van der Waals surface area contributed by atoms with Gasteiger partial charge in [0, 0.05) is 8.07 Å². The first-order valence-electron chi connectivity index (χ1n) is 3.75. The molecule has 64 valence electrons. The van der Waals surface area contributed by atoms with E-state index in [1.54, 1.807) is 0 Å². The zero-order valence-electron chi connectivity index (χ0n) is 9.50. The van der Waals surface area contributed by atoms with E-state index in [0.29, 0.717) is 0 Å². The first-order chi connectivity index (χ1) is 4.00. The number of hydrogen-bond acceptors (Lipinski definition) is 0. The Kier molecular flexibility index (Phi) is 11.4. The summed E-state index contributed by atoms with van der Waals surface area (Å²) in [6.45, 7) is 15.3. The molecule has 0 aliphatic heterocycles. The first kappa shape index (κ1) is 18.2. The van der Waals surface area contributed by atoms with Gasteiger partial charge in [-0.3, -0.25) is 0 Å². The third kappa shape index (κ3) is 518. The summed E-state index contributed by atoms with van der Waals surface area (Å²) in [6.07, 6.45) is 0. The smallest absolute Gasteiger partial charge is 0.680 e. The molecule has 0 radical (unpaired) electrons. The Balaban J connectivity index is -0.000000107. The molecule has 0 fully saturated rings. The van der Waals surface area contributed by atoms with Crippen LogP contribution in [0.1, 0.15) is 0 Å². The molecule has 11 heavy (non-hydrogen) atoms. The molecule has 1 N–H and O–H groups in total. The van der Waals surface area contributed by atoms with Crippen LogP contribution in [0.15, 0.2) is 0 Å². The maximum Gasteiger partial charge on any atom is 1.00 e. The summed E-state index contributed by atoms with van der Waals surface area (Å²) >= 11 is 0. The largest absolute Gasteiger partial charge is 1.00 e. The van der Waals surface area contributed by atoms with Gasteiger partial charge in [0.15, 0.2) is 0 Å². The minimum atomic E-state index is -1.36. The third-order valence-electron chi connectivity index (χ3n) is 0. The summed E-state index contributed by atoms with van der Waals surface area (Å²) in [4.78, 5) is 0. The van der Waals surface area contributed by atoms with Crippen LogP contribution >= 0.6 is 0 Å². The Morgan fingerprint density at radius 3 is 0.727 bits per heavy atom. The summed E-state index contributed by atoms with van der Waals surface area (Å²) in [6, 6.07) is 0. The zero-order chi connectivity index (χ0) is 9.00. The van der Waals surface area contributed by atoms with E-state index in [4.69, 9.17) is 5.40 Å². The van der Waals surface area contributed by atoms with Crippen LogP contribution in [0.25, 0.3) is 5.40 Å². The van der Waals surface area contributed by atoms with Crippen molar-refractivity contribution in [1.29, 1.82) is 0 Å². The molecule has 0 atom stereocenters. The van der Waals surface area contributed by atoms with Gasteiger partial charge in [0.2, 0.25) is 0 Å². The van der Waals surface area contributed by atoms with E-state index in [2.05, 4.69) is 26.2 Å². The summed E-state index contributed by atoms with van der Waals surface area (Å²) in [7, 11) is -1.97. The van der Waals surface area contributed by atoms with Crippen LogP contribution in [0, 0.1) is 0 Å². The molecule has 0 aliphatic rings. The second-order valence-electron chi connectivity index (χ2n) is 5.25. The van der Waals surface area contributed by atoms with Gasteiger partial charge in [-0.25, -0.2) is 0 Å². The van der Waals surface area contributed by atoms with E-state index >= 15 is 0 Å². The maximum atomic E-state index is 7.08. The average Bonchev–Trinajstić information content (AvgIpc) is 1.12. The standard InChI is InChI=1S/C4H12Si.C3H10NSi.Na/c2*1-5(2,3)4;/h1-4H3;4H,1-3H3;/q;-1;+1. The fourth-order valence-electron chi connectivity index (χ4n) is 0. The van der Waals surface area contributed by atoms with Crippen LogP contribution in [0.5, 0.6) is 0 Å². The Hall–Kier alpha value is 1.39. The van der Waals surface area contributed by atoms with Crippen LogP contribution < -0.4 is 29.6 Å². The first-order valence-corrected chi connectivity index (χ1v) is 11.2. The van der Waals surface area contributed by atoms with Gasteiger partial charge < -0.3 is 5.40 Å². The third-order valence-corrected chi connectivity index (χ3v) is 0. The molecule has 0 spiro atoms. The van der Waals surface area contributed by atoms with Crippen molar-refractivity contribution in [2.45, 2.75) is 45.8 Å². The predicted octanol–water partition coefficient (Wildman–Crippen LogP) is 0.832.